The molecule has 0 aliphatic rings. The summed E-state index contributed by atoms with van der Waals surface area (Å²) < 4.78 is 12.4. The molecule has 130 valence electrons. The van der Waals surface area contributed by atoms with Gasteiger partial charge in [0.25, 0.3) is 0 Å². The van der Waals surface area contributed by atoms with Crippen LogP contribution in [0.1, 0.15) is 19.4 Å². The lowest BCUT2D eigenvalue weighted by Gasteiger charge is -2.15. The van der Waals surface area contributed by atoms with Gasteiger partial charge in [-0.25, -0.2) is 0 Å². The molecular formula is C21H22BrNO2. The molecule has 1 N–H and O–H groups in total. The van der Waals surface area contributed by atoms with Gasteiger partial charge in [-0.1, -0.05) is 36.4 Å². The maximum absolute atomic E-state index is 5.75. The summed E-state index contributed by atoms with van der Waals surface area (Å²) in [5, 5.41) is 5.99. The number of rotatable bonds is 7. The van der Waals surface area contributed by atoms with Crippen molar-refractivity contribution in [2.24, 2.45) is 0 Å². The minimum Gasteiger partial charge on any atom is -0.490 e. The van der Waals surface area contributed by atoms with Crippen LogP contribution in [0, 0.1) is 0 Å². The van der Waals surface area contributed by atoms with Crippen LogP contribution in [0.4, 0.5) is 5.69 Å². The van der Waals surface area contributed by atoms with Gasteiger partial charge in [-0.15, -0.1) is 0 Å². The van der Waals surface area contributed by atoms with Gasteiger partial charge in [0.15, 0.2) is 11.5 Å². The van der Waals surface area contributed by atoms with Crippen molar-refractivity contribution in [3.63, 3.8) is 0 Å². The number of halogens is 1. The van der Waals surface area contributed by atoms with Crippen LogP contribution >= 0.6 is 15.9 Å². The summed E-state index contributed by atoms with van der Waals surface area (Å²) in [7, 11) is 0. The first-order chi connectivity index (χ1) is 12.2. The first kappa shape index (κ1) is 17.6. The van der Waals surface area contributed by atoms with E-state index in [1.165, 1.54) is 10.8 Å². The first-order valence-corrected chi connectivity index (χ1v) is 9.31. The Bertz CT molecular complexity index is 858. The van der Waals surface area contributed by atoms with Crippen molar-refractivity contribution >= 4 is 32.4 Å². The fourth-order valence-electron chi connectivity index (χ4n) is 2.85. The van der Waals surface area contributed by atoms with E-state index in [4.69, 9.17) is 9.47 Å². The SMILES string of the molecule is CCOc1cc(CNc2cccc3ccccc23)cc(Br)c1OCC. The topological polar surface area (TPSA) is 30.5 Å². The van der Waals surface area contributed by atoms with Gasteiger partial charge < -0.3 is 14.8 Å². The van der Waals surface area contributed by atoms with Crippen molar-refractivity contribution in [3.8, 4) is 11.5 Å². The fourth-order valence-corrected chi connectivity index (χ4v) is 3.45. The van der Waals surface area contributed by atoms with E-state index < -0.39 is 0 Å². The van der Waals surface area contributed by atoms with E-state index in [0.29, 0.717) is 19.8 Å². The molecule has 0 heterocycles. The monoisotopic (exact) mass is 399 g/mol. The number of benzene rings is 3. The third-order valence-electron chi connectivity index (χ3n) is 3.93. The Morgan fingerprint density at radius 2 is 1.68 bits per heavy atom. The highest BCUT2D eigenvalue weighted by Crippen LogP contribution is 2.37. The minimum atomic E-state index is 0.603. The van der Waals surface area contributed by atoms with Crippen molar-refractivity contribution in [1.82, 2.24) is 0 Å². The number of ether oxygens (including phenoxy) is 2. The first-order valence-electron chi connectivity index (χ1n) is 8.52. The van der Waals surface area contributed by atoms with Crippen LogP contribution in [0.3, 0.4) is 0 Å². The molecule has 4 heteroatoms. The summed E-state index contributed by atoms with van der Waals surface area (Å²) in [6.07, 6.45) is 0. The normalized spacial score (nSPS) is 10.7. The van der Waals surface area contributed by atoms with Crippen molar-refractivity contribution in [3.05, 3.63) is 64.6 Å². The molecule has 0 bridgehead atoms. The van der Waals surface area contributed by atoms with E-state index in [-0.39, 0.29) is 0 Å². The predicted octanol–water partition coefficient (Wildman–Crippen LogP) is 6.01. The molecule has 0 aromatic heterocycles. The molecule has 0 aliphatic carbocycles. The van der Waals surface area contributed by atoms with Crippen molar-refractivity contribution in [2.45, 2.75) is 20.4 Å². The molecule has 3 aromatic carbocycles. The zero-order valence-electron chi connectivity index (χ0n) is 14.5. The largest absolute Gasteiger partial charge is 0.490 e. The van der Waals surface area contributed by atoms with Gasteiger partial charge in [-0.3, -0.25) is 0 Å². The molecule has 3 nitrogen and oxygen atoms in total. The van der Waals surface area contributed by atoms with Crippen LogP contribution < -0.4 is 14.8 Å². The molecule has 3 aromatic rings. The summed E-state index contributed by atoms with van der Waals surface area (Å²) in [5.41, 5.74) is 2.26. The van der Waals surface area contributed by atoms with E-state index in [1.54, 1.807) is 0 Å². The third kappa shape index (κ3) is 4.07. The highest BCUT2D eigenvalue weighted by atomic mass is 79.9. The number of hydrogen-bond donors (Lipinski definition) is 1. The van der Waals surface area contributed by atoms with Crippen LogP contribution in [0.2, 0.25) is 0 Å². The highest BCUT2D eigenvalue weighted by Gasteiger charge is 2.12. The lowest BCUT2D eigenvalue weighted by atomic mass is 10.1. The van der Waals surface area contributed by atoms with E-state index in [0.717, 1.165) is 27.2 Å². The van der Waals surface area contributed by atoms with E-state index in [1.807, 2.05) is 19.9 Å². The van der Waals surface area contributed by atoms with Crippen LogP contribution in [-0.2, 0) is 6.54 Å². The summed E-state index contributed by atoms with van der Waals surface area (Å²) in [6.45, 7) is 5.86. The van der Waals surface area contributed by atoms with Crippen molar-refractivity contribution in [1.29, 1.82) is 0 Å². The average molecular weight is 400 g/mol. The smallest absolute Gasteiger partial charge is 0.175 e. The Balaban J connectivity index is 1.85. The number of anilines is 1. The Morgan fingerprint density at radius 3 is 2.48 bits per heavy atom. The Labute approximate surface area is 157 Å². The molecule has 0 saturated carbocycles. The zero-order valence-corrected chi connectivity index (χ0v) is 16.1. The van der Waals surface area contributed by atoms with Gasteiger partial charge in [0.1, 0.15) is 0 Å². The van der Waals surface area contributed by atoms with Gasteiger partial charge in [-0.05, 0) is 58.9 Å². The lowest BCUT2D eigenvalue weighted by molar-refractivity contribution is 0.286. The van der Waals surface area contributed by atoms with Gasteiger partial charge in [-0.2, -0.15) is 0 Å². The van der Waals surface area contributed by atoms with Gasteiger partial charge >= 0.3 is 0 Å². The van der Waals surface area contributed by atoms with Crippen molar-refractivity contribution in [2.75, 3.05) is 18.5 Å². The van der Waals surface area contributed by atoms with E-state index in [2.05, 4.69) is 69.8 Å². The van der Waals surface area contributed by atoms with Gasteiger partial charge in [0.05, 0.1) is 17.7 Å². The highest BCUT2D eigenvalue weighted by molar-refractivity contribution is 9.10. The van der Waals surface area contributed by atoms with Crippen LogP contribution in [0.15, 0.2) is 59.1 Å². The average Bonchev–Trinajstić information content (AvgIpc) is 2.63. The molecular weight excluding hydrogens is 378 g/mol. The number of hydrogen-bond acceptors (Lipinski definition) is 3. The second-order valence-corrected chi connectivity index (χ2v) is 6.51. The van der Waals surface area contributed by atoms with Crippen LogP contribution in [-0.4, -0.2) is 13.2 Å². The Kier molecular flexibility index (Phi) is 5.82. The fraction of sp³-hybridized carbons (Fsp3) is 0.238. The molecule has 0 fully saturated rings. The van der Waals surface area contributed by atoms with Crippen molar-refractivity contribution < 1.29 is 9.47 Å². The van der Waals surface area contributed by atoms with E-state index in [9.17, 15) is 0 Å². The Hall–Kier alpha value is -2.20. The number of fused-ring (bicyclic) bond motifs is 1. The molecule has 0 unspecified atom stereocenters. The number of nitrogens with one attached hydrogen (secondary N) is 1. The van der Waals surface area contributed by atoms with Crippen LogP contribution in [0.5, 0.6) is 11.5 Å². The molecule has 0 saturated heterocycles. The molecule has 3 rings (SSSR count). The lowest BCUT2D eigenvalue weighted by Crippen LogP contribution is -2.03. The molecule has 0 atom stereocenters. The molecule has 25 heavy (non-hydrogen) atoms. The van der Waals surface area contributed by atoms with Crippen LogP contribution in [0.25, 0.3) is 10.8 Å². The summed E-state index contributed by atoms with van der Waals surface area (Å²) in [6, 6.07) is 18.8. The maximum atomic E-state index is 5.75. The summed E-state index contributed by atoms with van der Waals surface area (Å²) in [4.78, 5) is 0. The Morgan fingerprint density at radius 1 is 0.920 bits per heavy atom. The predicted molar refractivity (Wildman–Crippen MR) is 108 cm³/mol. The van der Waals surface area contributed by atoms with E-state index >= 15 is 0 Å². The van der Waals surface area contributed by atoms with Gasteiger partial charge in [0.2, 0.25) is 0 Å². The zero-order chi connectivity index (χ0) is 17.6. The van der Waals surface area contributed by atoms with Gasteiger partial charge in [0, 0.05) is 17.6 Å². The standard InChI is InChI=1S/C21H22BrNO2/c1-3-24-20-13-15(12-18(22)21(20)25-4-2)14-23-19-11-7-9-16-8-5-6-10-17(16)19/h5-13,23H,3-4,14H2,1-2H3. The molecule has 0 aliphatic heterocycles. The summed E-state index contributed by atoms with van der Waals surface area (Å²) >= 11 is 3.60. The quantitative estimate of drug-likeness (QED) is 0.527. The maximum Gasteiger partial charge on any atom is 0.175 e. The summed E-state index contributed by atoms with van der Waals surface area (Å²) in [5.74, 6) is 1.53. The molecule has 0 amide bonds. The third-order valence-corrected chi connectivity index (χ3v) is 4.52. The second kappa shape index (κ2) is 8.26. The molecule has 0 spiro atoms. The second-order valence-electron chi connectivity index (χ2n) is 5.65. The minimum absolute atomic E-state index is 0.603. The molecule has 0 radical (unpaired) electrons.